The normalized spacial score (nSPS) is 14.2. The van der Waals surface area contributed by atoms with Gasteiger partial charge in [-0.2, -0.15) is 8.78 Å². The van der Waals surface area contributed by atoms with E-state index in [9.17, 15) is 22.4 Å². The first-order valence-corrected chi connectivity index (χ1v) is 9.18. The molecule has 1 N–H and O–H groups in total. The molecule has 4 rings (SSSR count). The van der Waals surface area contributed by atoms with E-state index in [1.807, 2.05) is 0 Å². The average molecular weight is 454 g/mol. The van der Waals surface area contributed by atoms with Gasteiger partial charge in [-0.25, -0.2) is 13.8 Å². The summed E-state index contributed by atoms with van der Waals surface area (Å²) in [4.78, 5) is 20.3. The molecular formula is C20H12ClF4N3O3. The number of ketones is 1. The fraction of sp³-hybridized carbons (Fsp3) is 0.150. The van der Waals surface area contributed by atoms with E-state index in [1.165, 1.54) is 24.5 Å². The first kappa shape index (κ1) is 20.9. The predicted octanol–water partition coefficient (Wildman–Crippen LogP) is 4.73. The third-order valence-corrected chi connectivity index (χ3v) is 4.60. The highest BCUT2D eigenvalue weighted by molar-refractivity contribution is 6.33. The highest BCUT2D eigenvalue weighted by atomic mass is 35.5. The zero-order chi connectivity index (χ0) is 22.2. The van der Waals surface area contributed by atoms with Gasteiger partial charge in [0.25, 0.3) is 0 Å². The van der Waals surface area contributed by atoms with Crippen molar-refractivity contribution in [1.29, 1.82) is 0 Å². The molecule has 0 atom stereocenters. The average Bonchev–Trinajstić information content (AvgIpc) is 2.71. The largest absolute Gasteiger partial charge is 0.479 e. The Labute approximate surface area is 177 Å². The van der Waals surface area contributed by atoms with Crippen LogP contribution in [0.2, 0.25) is 5.02 Å². The molecule has 11 heteroatoms. The number of benzene rings is 2. The van der Waals surface area contributed by atoms with E-state index in [0.717, 1.165) is 18.2 Å². The Kier molecular flexibility index (Phi) is 5.40. The number of anilines is 1. The molecule has 0 amide bonds. The van der Waals surface area contributed by atoms with E-state index < -0.39 is 42.2 Å². The smallest absolute Gasteiger partial charge is 0.433 e. The maximum atomic E-state index is 13.7. The molecular weight excluding hydrogens is 442 g/mol. The van der Waals surface area contributed by atoms with Gasteiger partial charge in [-0.3, -0.25) is 9.78 Å². The van der Waals surface area contributed by atoms with Crippen molar-refractivity contribution in [3.8, 4) is 22.8 Å². The van der Waals surface area contributed by atoms with Gasteiger partial charge in [-0.05, 0) is 18.2 Å². The summed E-state index contributed by atoms with van der Waals surface area (Å²) in [7, 11) is 0. The van der Waals surface area contributed by atoms with Gasteiger partial charge in [-0.15, -0.1) is 0 Å². The minimum Gasteiger partial charge on any atom is -0.479 e. The number of alkyl halides is 2. The molecule has 0 saturated heterocycles. The van der Waals surface area contributed by atoms with E-state index in [4.69, 9.17) is 16.3 Å². The second kappa shape index (κ2) is 8.03. The lowest BCUT2D eigenvalue weighted by Crippen LogP contribution is -2.35. The Balaban J connectivity index is 1.48. The molecule has 1 aliphatic rings. The van der Waals surface area contributed by atoms with Crippen LogP contribution in [-0.4, -0.2) is 35.0 Å². The Morgan fingerprint density at radius 1 is 1.13 bits per heavy atom. The Morgan fingerprint density at radius 2 is 1.87 bits per heavy atom. The number of aromatic nitrogens is 2. The summed E-state index contributed by atoms with van der Waals surface area (Å²) in [6.07, 6.45) is -0.849. The van der Waals surface area contributed by atoms with Gasteiger partial charge in [0.2, 0.25) is 0 Å². The van der Waals surface area contributed by atoms with Crippen LogP contribution in [-0.2, 0) is 0 Å². The summed E-state index contributed by atoms with van der Waals surface area (Å²) < 4.78 is 63.5. The van der Waals surface area contributed by atoms with Gasteiger partial charge in [-0.1, -0.05) is 17.7 Å². The van der Waals surface area contributed by atoms with Crippen LogP contribution in [0.25, 0.3) is 11.3 Å². The fourth-order valence-electron chi connectivity index (χ4n) is 2.86. The maximum Gasteiger partial charge on any atom is 0.433 e. The van der Waals surface area contributed by atoms with E-state index in [1.54, 1.807) is 0 Å². The maximum absolute atomic E-state index is 13.7. The molecule has 6 nitrogen and oxygen atoms in total. The lowest BCUT2D eigenvalue weighted by atomic mass is 10.1. The molecule has 0 bridgehead atoms. The molecule has 0 radical (unpaired) electrons. The number of Topliss-reactive ketones (excluding diaryl/α,β-unsaturated/α-hetero) is 1. The van der Waals surface area contributed by atoms with E-state index in [0.29, 0.717) is 11.3 Å². The third kappa shape index (κ3) is 4.38. The monoisotopic (exact) mass is 453 g/mol. The zero-order valence-electron chi connectivity index (χ0n) is 15.5. The van der Waals surface area contributed by atoms with Crippen molar-refractivity contribution in [1.82, 2.24) is 9.97 Å². The van der Waals surface area contributed by atoms with Crippen molar-refractivity contribution in [3.63, 3.8) is 0 Å². The van der Waals surface area contributed by atoms with Crippen molar-refractivity contribution in [2.24, 2.45) is 0 Å². The van der Waals surface area contributed by atoms with Gasteiger partial charge in [0, 0.05) is 11.6 Å². The third-order valence-electron chi connectivity index (χ3n) is 4.29. The summed E-state index contributed by atoms with van der Waals surface area (Å²) in [6, 6.07) is 5.73. The van der Waals surface area contributed by atoms with Gasteiger partial charge < -0.3 is 14.8 Å². The first-order valence-electron chi connectivity index (χ1n) is 8.80. The van der Waals surface area contributed by atoms with E-state index in [2.05, 4.69) is 20.0 Å². The Hall–Kier alpha value is -3.40. The molecule has 1 aliphatic heterocycles. The molecule has 0 spiro atoms. The highest BCUT2D eigenvalue weighted by Crippen LogP contribution is 2.42. The van der Waals surface area contributed by atoms with Crippen LogP contribution in [0.1, 0.15) is 10.4 Å². The summed E-state index contributed by atoms with van der Waals surface area (Å²) in [5.74, 6) is -2.67. The Morgan fingerprint density at radius 3 is 2.55 bits per heavy atom. The first-order chi connectivity index (χ1) is 14.7. The van der Waals surface area contributed by atoms with Gasteiger partial charge in [0.05, 0.1) is 35.2 Å². The quantitative estimate of drug-likeness (QED) is 0.444. The molecule has 0 unspecified atom stereocenters. The van der Waals surface area contributed by atoms with Crippen LogP contribution in [0.3, 0.4) is 0 Å². The second-order valence-corrected chi connectivity index (χ2v) is 6.87. The topological polar surface area (TPSA) is 73.3 Å². The number of halogens is 5. The van der Waals surface area contributed by atoms with Crippen LogP contribution >= 0.6 is 11.6 Å². The highest BCUT2D eigenvalue weighted by Gasteiger charge is 2.38. The van der Waals surface area contributed by atoms with Crippen LogP contribution in [0, 0.1) is 11.6 Å². The summed E-state index contributed by atoms with van der Waals surface area (Å²) in [5.41, 5.74) is 0.0109. The molecule has 31 heavy (non-hydrogen) atoms. The predicted molar refractivity (Wildman–Crippen MR) is 103 cm³/mol. The number of ether oxygens (including phenoxy) is 2. The van der Waals surface area contributed by atoms with Gasteiger partial charge in [0.15, 0.2) is 23.9 Å². The molecule has 1 aromatic heterocycles. The molecule has 0 saturated carbocycles. The second-order valence-electron chi connectivity index (χ2n) is 6.47. The number of carbonyl (C=O) groups excluding carboxylic acids is 1. The zero-order valence-corrected chi connectivity index (χ0v) is 16.2. The number of hydrogen-bond donors (Lipinski definition) is 1. The van der Waals surface area contributed by atoms with Crippen LogP contribution in [0.5, 0.6) is 11.5 Å². The van der Waals surface area contributed by atoms with Crippen LogP contribution < -0.4 is 14.8 Å². The van der Waals surface area contributed by atoms with Crippen molar-refractivity contribution in [2.75, 3.05) is 18.5 Å². The van der Waals surface area contributed by atoms with Crippen LogP contribution in [0.15, 0.2) is 42.7 Å². The number of nitrogens with one attached hydrogen (secondary N) is 1. The van der Waals surface area contributed by atoms with Gasteiger partial charge in [0.1, 0.15) is 17.5 Å². The minimum atomic E-state index is -3.45. The van der Waals surface area contributed by atoms with E-state index >= 15 is 0 Å². The molecule has 3 aromatic rings. The Bertz CT molecular complexity index is 1140. The van der Waals surface area contributed by atoms with Crippen LogP contribution in [0.4, 0.5) is 23.4 Å². The SMILES string of the molecule is O=C(CNc1cnc(-c2cc3c(cc2Cl)OC(F)(F)CO3)cn1)c1c(F)cccc1F. The molecule has 160 valence electrons. The minimum absolute atomic E-state index is 0.0758. The van der Waals surface area contributed by atoms with Gasteiger partial charge >= 0.3 is 6.11 Å². The summed E-state index contributed by atoms with van der Waals surface area (Å²) in [5, 5.41) is 2.72. The van der Waals surface area contributed by atoms with Crippen molar-refractivity contribution >= 4 is 23.2 Å². The molecule has 0 fully saturated rings. The van der Waals surface area contributed by atoms with Crippen molar-refractivity contribution in [3.05, 3.63) is 64.9 Å². The lowest BCUT2D eigenvalue weighted by molar-refractivity contribution is -0.208. The summed E-state index contributed by atoms with van der Waals surface area (Å²) in [6.45, 7) is -1.35. The lowest BCUT2D eigenvalue weighted by Gasteiger charge is -2.26. The number of carbonyl (C=O) groups is 1. The number of rotatable bonds is 5. The number of hydrogen-bond acceptors (Lipinski definition) is 6. The molecule has 0 aliphatic carbocycles. The van der Waals surface area contributed by atoms with E-state index in [-0.39, 0.29) is 22.3 Å². The molecule has 2 aromatic carbocycles. The van der Waals surface area contributed by atoms with Crippen molar-refractivity contribution in [2.45, 2.75) is 6.11 Å². The summed E-state index contributed by atoms with van der Waals surface area (Å²) >= 11 is 6.15. The molecule has 2 heterocycles. The number of fused-ring (bicyclic) bond motifs is 1. The van der Waals surface area contributed by atoms with Crippen molar-refractivity contribution < 1.29 is 31.8 Å². The number of nitrogens with zero attached hydrogens (tertiary/aromatic N) is 2. The standard InChI is InChI=1S/C20H12ClF4N3O3/c21-11-5-17-16(30-9-20(24,25)31-17)4-10(11)14-6-27-18(8-26-14)28-7-15(29)19-12(22)2-1-3-13(19)23/h1-6,8H,7,9H2,(H,27,28). The fourth-order valence-corrected chi connectivity index (χ4v) is 3.11.